The van der Waals surface area contributed by atoms with Crippen LogP contribution in [0, 0.1) is 11.3 Å². The summed E-state index contributed by atoms with van der Waals surface area (Å²) >= 11 is 6.06. The lowest BCUT2D eigenvalue weighted by Gasteiger charge is -2.34. The topological polar surface area (TPSA) is 79.1 Å². The summed E-state index contributed by atoms with van der Waals surface area (Å²) < 4.78 is 6.02. The Morgan fingerprint density at radius 1 is 1.27 bits per heavy atom. The number of ether oxygens (including phenoxy) is 1. The fourth-order valence-corrected chi connectivity index (χ4v) is 3.88. The molecule has 0 atom stereocenters. The van der Waals surface area contributed by atoms with Crippen molar-refractivity contribution in [2.75, 3.05) is 0 Å². The molecule has 0 N–H and O–H groups in total. The quantitative estimate of drug-likeness (QED) is 0.830. The molecular weight excluding hydrogens is 352 g/mol. The van der Waals surface area contributed by atoms with Crippen LogP contribution in [0.2, 0.25) is 5.02 Å². The zero-order valence-corrected chi connectivity index (χ0v) is 14.8. The number of amides is 1. The number of aromatic nitrogens is 2. The molecule has 6 nitrogen and oxygen atoms in total. The second-order valence-electron chi connectivity index (χ2n) is 6.62. The van der Waals surface area contributed by atoms with Crippen molar-refractivity contribution < 1.29 is 9.53 Å². The van der Waals surface area contributed by atoms with Gasteiger partial charge in [0.1, 0.15) is 18.1 Å². The van der Waals surface area contributed by atoms with Crippen LogP contribution >= 0.6 is 11.6 Å². The van der Waals surface area contributed by atoms with Gasteiger partial charge >= 0.3 is 0 Å². The van der Waals surface area contributed by atoms with Crippen molar-refractivity contribution in [3.05, 3.63) is 52.6 Å². The van der Waals surface area contributed by atoms with Gasteiger partial charge in [-0.25, -0.2) is 9.97 Å². The van der Waals surface area contributed by atoms with Gasteiger partial charge in [-0.3, -0.25) is 4.79 Å². The average Bonchev–Trinajstić information content (AvgIpc) is 3.00. The molecule has 4 rings (SSSR count). The van der Waals surface area contributed by atoms with E-state index in [1.165, 1.54) is 6.33 Å². The molecule has 1 aromatic carbocycles. The maximum absolute atomic E-state index is 12.5. The molecule has 1 saturated carbocycles. The van der Waals surface area contributed by atoms with Crippen molar-refractivity contribution >= 4 is 17.5 Å². The maximum atomic E-state index is 12.5. The van der Waals surface area contributed by atoms with Gasteiger partial charge in [-0.2, -0.15) is 5.26 Å². The van der Waals surface area contributed by atoms with E-state index in [1.54, 1.807) is 24.4 Å². The highest BCUT2D eigenvalue weighted by Crippen LogP contribution is 2.32. The zero-order chi connectivity index (χ0) is 18.1. The summed E-state index contributed by atoms with van der Waals surface area (Å²) in [4.78, 5) is 22.6. The van der Waals surface area contributed by atoms with E-state index < -0.39 is 0 Å². The summed E-state index contributed by atoms with van der Waals surface area (Å²) in [5, 5.41) is 9.34. The van der Waals surface area contributed by atoms with E-state index in [4.69, 9.17) is 21.6 Å². The highest BCUT2D eigenvalue weighted by atomic mass is 35.5. The number of benzene rings is 1. The van der Waals surface area contributed by atoms with E-state index in [0.717, 1.165) is 31.4 Å². The summed E-state index contributed by atoms with van der Waals surface area (Å²) in [6.07, 6.45) is 6.71. The third-order valence-electron chi connectivity index (χ3n) is 5.05. The third-order valence-corrected chi connectivity index (χ3v) is 5.37. The predicted molar refractivity (Wildman–Crippen MR) is 94.7 cm³/mol. The highest BCUT2D eigenvalue weighted by molar-refractivity contribution is 6.31. The number of hydrogen-bond donors (Lipinski definition) is 0. The molecule has 1 aliphatic heterocycles. The van der Waals surface area contributed by atoms with Gasteiger partial charge < -0.3 is 9.64 Å². The second kappa shape index (κ2) is 6.93. The molecule has 2 aliphatic rings. The number of carbonyl (C=O) groups is 1. The second-order valence-corrected chi connectivity index (χ2v) is 7.03. The van der Waals surface area contributed by atoms with Gasteiger partial charge in [-0.1, -0.05) is 11.6 Å². The molecule has 0 bridgehead atoms. The molecule has 0 unspecified atom stereocenters. The third kappa shape index (κ3) is 3.11. The molecule has 0 saturated heterocycles. The van der Waals surface area contributed by atoms with Crippen LogP contribution in [-0.4, -0.2) is 32.9 Å². The molecule has 132 valence electrons. The summed E-state index contributed by atoms with van der Waals surface area (Å²) in [5.41, 5.74) is 1.88. The molecule has 1 aliphatic carbocycles. The van der Waals surface area contributed by atoms with Gasteiger partial charge in [0.25, 0.3) is 5.91 Å². The number of nitrogens with zero attached hydrogens (tertiary/aromatic N) is 4. The fraction of sp³-hybridized carbons (Fsp3) is 0.368. The summed E-state index contributed by atoms with van der Waals surface area (Å²) in [6, 6.07) is 7.38. The van der Waals surface area contributed by atoms with Crippen LogP contribution in [0.25, 0.3) is 0 Å². The van der Waals surface area contributed by atoms with Gasteiger partial charge in [0.15, 0.2) is 0 Å². The van der Waals surface area contributed by atoms with E-state index >= 15 is 0 Å². The number of carbonyl (C=O) groups excluding carboxylic acids is 1. The van der Waals surface area contributed by atoms with Gasteiger partial charge in [-0.15, -0.1) is 0 Å². The van der Waals surface area contributed by atoms with Crippen LogP contribution in [0.5, 0.6) is 5.75 Å². The van der Waals surface area contributed by atoms with E-state index in [1.807, 2.05) is 11.0 Å². The molecule has 2 aromatic rings. The number of halogens is 1. The lowest BCUT2D eigenvalue weighted by atomic mass is 9.92. The summed E-state index contributed by atoms with van der Waals surface area (Å²) in [7, 11) is 0. The largest absolute Gasteiger partial charge is 0.490 e. The first-order chi connectivity index (χ1) is 12.7. The molecule has 1 fully saturated rings. The first-order valence-electron chi connectivity index (χ1n) is 8.62. The Kier molecular flexibility index (Phi) is 4.48. The normalized spacial score (nSPS) is 22.0. The first kappa shape index (κ1) is 16.8. The van der Waals surface area contributed by atoms with Crippen molar-refractivity contribution in [3.63, 3.8) is 0 Å². The zero-order valence-electron chi connectivity index (χ0n) is 14.1. The summed E-state index contributed by atoms with van der Waals surface area (Å²) in [5.74, 6) is 0.709. The molecule has 1 aromatic heterocycles. The number of rotatable bonds is 3. The van der Waals surface area contributed by atoms with Gasteiger partial charge in [-0.05, 0) is 37.8 Å². The Hall–Kier alpha value is -2.65. The van der Waals surface area contributed by atoms with E-state index in [2.05, 4.69) is 9.97 Å². The predicted octanol–water partition coefficient (Wildman–Crippen LogP) is 3.35. The maximum Gasteiger partial charge on any atom is 0.257 e. The Balaban J connectivity index is 1.36. The monoisotopic (exact) mass is 368 g/mol. The van der Waals surface area contributed by atoms with Crippen LogP contribution in [0.3, 0.4) is 0 Å². The first-order valence-corrected chi connectivity index (χ1v) is 8.99. The number of hydrogen-bond acceptors (Lipinski definition) is 5. The van der Waals surface area contributed by atoms with Crippen LogP contribution in [-0.2, 0) is 6.54 Å². The lowest BCUT2D eigenvalue weighted by Crippen LogP contribution is -2.40. The average molecular weight is 369 g/mol. The molecule has 1 amide bonds. The Morgan fingerprint density at radius 3 is 2.77 bits per heavy atom. The lowest BCUT2D eigenvalue weighted by molar-refractivity contribution is 0.0560. The van der Waals surface area contributed by atoms with E-state index in [9.17, 15) is 4.79 Å². The Morgan fingerprint density at radius 2 is 2.08 bits per heavy atom. The van der Waals surface area contributed by atoms with Crippen molar-refractivity contribution in [1.29, 1.82) is 5.26 Å². The molecule has 0 radical (unpaired) electrons. The van der Waals surface area contributed by atoms with Gasteiger partial charge in [0, 0.05) is 18.3 Å². The van der Waals surface area contributed by atoms with Crippen molar-refractivity contribution in [1.82, 2.24) is 14.9 Å². The van der Waals surface area contributed by atoms with Crippen LogP contribution in [0.15, 0.2) is 30.7 Å². The minimum Gasteiger partial charge on any atom is -0.490 e. The van der Waals surface area contributed by atoms with E-state index in [0.29, 0.717) is 28.4 Å². The SMILES string of the molecule is N#Cc1ccc(OC2CCC(N3Cc4ncncc4C3=O)CC2)cc1Cl. The Bertz CT molecular complexity index is 887. The van der Waals surface area contributed by atoms with Crippen LogP contribution in [0.1, 0.15) is 47.3 Å². The minimum atomic E-state index is 0.0313. The highest BCUT2D eigenvalue weighted by Gasteiger charge is 2.36. The van der Waals surface area contributed by atoms with E-state index in [-0.39, 0.29) is 18.1 Å². The molecule has 2 heterocycles. The molecule has 7 heteroatoms. The standard InChI is InChI=1S/C19H17ClN4O2/c20-17-7-15(4-1-12(17)8-21)26-14-5-2-13(3-6-14)24-10-18-16(19(24)25)9-22-11-23-18/h1,4,7,9,11,13-14H,2-3,5-6,10H2. The van der Waals surface area contributed by atoms with Gasteiger partial charge in [0.2, 0.25) is 0 Å². The fourth-order valence-electron chi connectivity index (χ4n) is 3.67. The molecule has 26 heavy (non-hydrogen) atoms. The van der Waals surface area contributed by atoms with Crippen molar-refractivity contribution in [2.45, 2.75) is 44.4 Å². The van der Waals surface area contributed by atoms with Crippen LogP contribution < -0.4 is 4.74 Å². The molecule has 0 spiro atoms. The van der Waals surface area contributed by atoms with Crippen molar-refractivity contribution in [2.24, 2.45) is 0 Å². The van der Waals surface area contributed by atoms with Crippen LogP contribution in [0.4, 0.5) is 0 Å². The molecular formula is C19H17ClN4O2. The smallest absolute Gasteiger partial charge is 0.257 e. The Labute approximate surface area is 156 Å². The minimum absolute atomic E-state index is 0.0313. The number of nitriles is 1. The van der Waals surface area contributed by atoms with Crippen molar-refractivity contribution in [3.8, 4) is 11.8 Å². The summed E-state index contributed by atoms with van der Waals surface area (Å²) in [6.45, 7) is 0.568. The number of fused-ring (bicyclic) bond motifs is 1. The van der Waals surface area contributed by atoms with Gasteiger partial charge in [0.05, 0.1) is 34.5 Å².